The van der Waals surface area contributed by atoms with Gasteiger partial charge in [-0.05, 0) is 12.8 Å². The molecule has 2 N–H and O–H groups in total. The molecule has 0 aromatic carbocycles. The zero-order chi connectivity index (χ0) is 11.4. The predicted molar refractivity (Wildman–Crippen MR) is 51.0 cm³/mol. The van der Waals surface area contributed by atoms with E-state index in [1.807, 2.05) is 0 Å². The molecule has 88 valence electrons. The zero-order valence-corrected chi connectivity index (χ0v) is 8.62. The molecular weight excluding hydrogens is 219 g/mol. The number of aromatic nitrogens is 2. The number of fused-ring (bicyclic) bond motifs is 1. The second kappa shape index (κ2) is 3.00. The highest BCUT2D eigenvalue weighted by atomic mass is 19.4. The molecule has 3 rings (SSSR count). The van der Waals surface area contributed by atoms with Gasteiger partial charge >= 0.3 is 6.18 Å². The molecule has 6 heteroatoms. The topological polar surface area (TPSA) is 40.7 Å². The third-order valence-corrected chi connectivity index (χ3v) is 3.55. The van der Waals surface area contributed by atoms with Crippen molar-refractivity contribution in [3.63, 3.8) is 0 Å². The standard InChI is InChI=1S/C10H12F3N3/c11-10(12,13)9(2-3-9)8-6-5-14-4-1-7(6)15-16-8/h14H,1-5H2,(H,15,16). The van der Waals surface area contributed by atoms with Crippen molar-refractivity contribution < 1.29 is 13.2 Å². The first-order valence-electron chi connectivity index (χ1n) is 5.39. The number of hydrogen-bond acceptors (Lipinski definition) is 2. The summed E-state index contributed by atoms with van der Waals surface area (Å²) >= 11 is 0. The van der Waals surface area contributed by atoms with Crippen molar-refractivity contribution in [1.29, 1.82) is 0 Å². The minimum absolute atomic E-state index is 0.174. The summed E-state index contributed by atoms with van der Waals surface area (Å²) < 4.78 is 38.9. The number of nitrogens with zero attached hydrogens (tertiary/aromatic N) is 1. The Morgan fingerprint density at radius 3 is 2.62 bits per heavy atom. The van der Waals surface area contributed by atoms with Crippen LogP contribution in [0.4, 0.5) is 13.2 Å². The van der Waals surface area contributed by atoms with Crippen molar-refractivity contribution in [3.05, 3.63) is 17.0 Å². The Kier molecular flexibility index (Phi) is 1.90. The summed E-state index contributed by atoms with van der Waals surface area (Å²) in [5.74, 6) is 0. The van der Waals surface area contributed by atoms with E-state index in [1.165, 1.54) is 0 Å². The van der Waals surface area contributed by atoms with Crippen molar-refractivity contribution in [2.24, 2.45) is 0 Å². The first-order valence-corrected chi connectivity index (χ1v) is 5.39. The summed E-state index contributed by atoms with van der Waals surface area (Å²) in [5.41, 5.74) is 0.170. The quantitative estimate of drug-likeness (QED) is 0.771. The van der Waals surface area contributed by atoms with Crippen LogP contribution < -0.4 is 5.32 Å². The number of aromatic amines is 1. The molecule has 0 atom stereocenters. The summed E-state index contributed by atoms with van der Waals surface area (Å²) in [5, 5.41) is 9.76. The molecule has 0 bridgehead atoms. The maximum absolute atomic E-state index is 13.0. The lowest BCUT2D eigenvalue weighted by Crippen LogP contribution is -2.32. The van der Waals surface area contributed by atoms with Gasteiger partial charge in [0.25, 0.3) is 0 Å². The highest BCUT2D eigenvalue weighted by Crippen LogP contribution is 2.59. The smallest absolute Gasteiger partial charge is 0.312 e. The van der Waals surface area contributed by atoms with Crippen LogP contribution in [0.2, 0.25) is 0 Å². The van der Waals surface area contributed by atoms with Gasteiger partial charge in [0.2, 0.25) is 0 Å². The molecule has 0 unspecified atom stereocenters. The van der Waals surface area contributed by atoms with Crippen LogP contribution >= 0.6 is 0 Å². The molecule has 2 aliphatic rings. The maximum atomic E-state index is 13.0. The largest absolute Gasteiger partial charge is 0.400 e. The van der Waals surface area contributed by atoms with Crippen molar-refractivity contribution >= 4 is 0 Å². The van der Waals surface area contributed by atoms with Crippen molar-refractivity contribution in [1.82, 2.24) is 15.5 Å². The van der Waals surface area contributed by atoms with Crippen LogP contribution in [0.5, 0.6) is 0 Å². The highest BCUT2D eigenvalue weighted by molar-refractivity contribution is 5.38. The molecule has 1 aliphatic carbocycles. The van der Waals surface area contributed by atoms with E-state index in [2.05, 4.69) is 15.5 Å². The molecule has 1 aliphatic heterocycles. The van der Waals surface area contributed by atoms with Crippen LogP contribution in [0.3, 0.4) is 0 Å². The normalized spacial score (nSPS) is 22.9. The average molecular weight is 231 g/mol. The van der Waals surface area contributed by atoms with Gasteiger partial charge in [-0.2, -0.15) is 18.3 Å². The van der Waals surface area contributed by atoms with Gasteiger partial charge < -0.3 is 5.32 Å². The minimum Gasteiger partial charge on any atom is -0.312 e. The van der Waals surface area contributed by atoms with Crippen molar-refractivity contribution in [3.8, 4) is 0 Å². The fraction of sp³-hybridized carbons (Fsp3) is 0.700. The molecule has 0 amide bonds. The first-order chi connectivity index (χ1) is 7.55. The van der Waals surface area contributed by atoms with E-state index in [0.29, 0.717) is 6.54 Å². The van der Waals surface area contributed by atoms with E-state index in [-0.39, 0.29) is 18.5 Å². The third-order valence-electron chi connectivity index (χ3n) is 3.55. The minimum atomic E-state index is -4.17. The van der Waals surface area contributed by atoms with Gasteiger partial charge in [-0.1, -0.05) is 0 Å². The van der Waals surface area contributed by atoms with Gasteiger partial charge in [0.1, 0.15) is 5.41 Å². The molecule has 1 fully saturated rings. The van der Waals surface area contributed by atoms with E-state index < -0.39 is 11.6 Å². The molecule has 1 aromatic heterocycles. The number of hydrogen-bond donors (Lipinski definition) is 2. The summed E-state index contributed by atoms with van der Waals surface area (Å²) in [6, 6.07) is 0. The predicted octanol–water partition coefficient (Wildman–Crippen LogP) is 1.65. The van der Waals surface area contributed by atoms with Gasteiger partial charge in [-0.15, -0.1) is 0 Å². The number of H-pyrrole nitrogens is 1. The van der Waals surface area contributed by atoms with Crippen molar-refractivity contribution in [2.75, 3.05) is 6.54 Å². The van der Waals surface area contributed by atoms with Crippen molar-refractivity contribution in [2.45, 2.75) is 37.4 Å². The van der Waals surface area contributed by atoms with E-state index in [9.17, 15) is 13.2 Å². The third kappa shape index (κ3) is 1.22. The van der Waals surface area contributed by atoms with Gasteiger partial charge in [-0.3, -0.25) is 5.10 Å². The van der Waals surface area contributed by atoms with Crippen LogP contribution in [-0.2, 0) is 18.4 Å². The Morgan fingerprint density at radius 2 is 2.00 bits per heavy atom. The average Bonchev–Trinajstić information content (AvgIpc) is 2.93. The summed E-state index contributed by atoms with van der Waals surface area (Å²) in [6.45, 7) is 1.30. The molecule has 1 saturated carbocycles. The van der Waals surface area contributed by atoms with Crippen LogP contribution in [0, 0.1) is 0 Å². The SMILES string of the molecule is FC(F)(F)C1(c2n[nH]c3c2CNCC3)CC1. The van der Waals surface area contributed by atoms with E-state index in [4.69, 9.17) is 0 Å². The number of nitrogens with one attached hydrogen (secondary N) is 2. The molecule has 2 heterocycles. The Bertz CT molecular complexity index is 417. The Labute approximate surface area is 90.4 Å². The lowest BCUT2D eigenvalue weighted by Gasteiger charge is -2.20. The van der Waals surface area contributed by atoms with Crippen LogP contribution in [0.1, 0.15) is 29.8 Å². The second-order valence-corrected chi connectivity index (χ2v) is 4.54. The lowest BCUT2D eigenvalue weighted by atomic mass is 9.95. The number of rotatable bonds is 1. The molecule has 3 nitrogen and oxygen atoms in total. The van der Waals surface area contributed by atoms with E-state index in [0.717, 1.165) is 24.2 Å². The molecule has 16 heavy (non-hydrogen) atoms. The Balaban J connectivity index is 2.04. The Morgan fingerprint density at radius 1 is 1.25 bits per heavy atom. The van der Waals surface area contributed by atoms with Crippen LogP contribution in [0.25, 0.3) is 0 Å². The summed E-state index contributed by atoms with van der Waals surface area (Å²) in [4.78, 5) is 0. The van der Waals surface area contributed by atoms with E-state index in [1.54, 1.807) is 0 Å². The molecule has 0 radical (unpaired) electrons. The molecule has 0 saturated heterocycles. The van der Waals surface area contributed by atoms with E-state index >= 15 is 0 Å². The van der Waals surface area contributed by atoms with Crippen LogP contribution in [-0.4, -0.2) is 22.9 Å². The van der Waals surface area contributed by atoms with Gasteiger partial charge in [0.05, 0.1) is 5.69 Å². The lowest BCUT2D eigenvalue weighted by molar-refractivity contribution is -0.161. The fourth-order valence-electron chi connectivity index (χ4n) is 2.40. The monoisotopic (exact) mass is 231 g/mol. The fourth-order valence-corrected chi connectivity index (χ4v) is 2.40. The summed E-state index contributed by atoms with van der Waals surface area (Å²) in [7, 11) is 0. The first kappa shape index (κ1) is 10.1. The molecular formula is C10H12F3N3. The molecule has 1 aromatic rings. The van der Waals surface area contributed by atoms with Gasteiger partial charge in [0, 0.05) is 30.8 Å². The van der Waals surface area contributed by atoms with Gasteiger partial charge in [0.15, 0.2) is 0 Å². The maximum Gasteiger partial charge on any atom is 0.400 e. The number of alkyl halides is 3. The number of halogens is 3. The summed E-state index contributed by atoms with van der Waals surface area (Å²) in [6.07, 6.45) is -3.09. The van der Waals surface area contributed by atoms with Crippen LogP contribution in [0.15, 0.2) is 0 Å². The zero-order valence-electron chi connectivity index (χ0n) is 8.62. The van der Waals surface area contributed by atoms with Gasteiger partial charge in [-0.25, -0.2) is 0 Å². The highest BCUT2D eigenvalue weighted by Gasteiger charge is 2.66. The second-order valence-electron chi connectivity index (χ2n) is 4.54. The molecule has 0 spiro atoms. The Hall–Kier alpha value is -1.04.